The number of nitrogens with one attached hydrogen (secondary N) is 1. The lowest BCUT2D eigenvalue weighted by atomic mass is 10.0. The lowest BCUT2D eigenvalue weighted by Crippen LogP contribution is -2.52. The molecular weight excluding hydrogens is 425 g/mol. The zero-order valence-electron chi connectivity index (χ0n) is 17.1. The molecule has 3 amide bonds. The third-order valence-corrected chi connectivity index (χ3v) is 5.28. The number of amides is 3. The van der Waals surface area contributed by atoms with Crippen LogP contribution in [0.25, 0.3) is 0 Å². The smallest absolute Gasteiger partial charge is 0.316 e. The number of morpholine rings is 1. The number of nitrogens with zero attached hydrogens (tertiary/aromatic N) is 1. The monoisotopic (exact) mass is 449 g/mol. The zero-order valence-corrected chi connectivity index (χ0v) is 17.9. The lowest BCUT2D eigenvalue weighted by molar-refractivity contribution is -0.146. The Morgan fingerprint density at radius 2 is 2.03 bits per heavy atom. The summed E-state index contributed by atoms with van der Waals surface area (Å²) in [5, 5.41) is 2.83. The maximum atomic E-state index is 13.1. The third-order valence-electron chi connectivity index (χ3n) is 5.04. The molecule has 0 spiro atoms. The van der Waals surface area contributed by atoms with E-state index >= 15 is 0 Å². The van der Waals surface area contributed by atoms with Gasteiger partial charge < -0.3 is 25.4 Å². The van der Waals surface area contributed by atoms with Crippen molar-refractivity contribution in [2.24, 2.45) is 5.73 Å². The number of ether oxygens (including phenoxy) is 2. The van der Waals surface area contributed by atoms with Gasteiger partial charge in [0.25, 0.3) is 5.91 Å². The van der Waals surface area contributed by atoms with Crippen LogP contribution in [0.2, 0.25) is 5.02 Å². The number of anilines is 1. The van der Waals surface area contributed by atoms with Gasteiger partial charge in [-0.3, -0.25) is 4.79 Å². The summed E-state index contributed by atoms with van der Waals surface area (Å²) in [6.45, 7) is 2.58. The van der Waals surface area contributed by atoms with Crippen LogP contribution in [0.15, 0.2) is 42.5 Å². The van der Waals surface area contributed by atoms with Crippen molar-refractivity contribution in [1.29, 1.82) is 0 Å². The van der Waals surface area contributed by atoms with E-state index in [0.717, 1.165) is 12.0 Å². The van der Waals surface area contributed by atoms with Crippen LogP contribution < -0.4 is 15.8 Å². The summed E-state index contributed by atoms with van der Waals surface area (Å²) >= 11 is 5.95. The highest BCUT2D eigenvalue weighted by Crippen LogP contribution is 2.28. The SMILES string of the molecule is C[C@@H]1CO[C@@H](CCc2ccc(F)cc2)CN1C(=O)COc1ccc(Cl)cc1NC(N)=O. The number of benzene rings is 2. The predicted molar refractivity (Wildman–Crippen MR) is 116 cm³/mol. The Morgan fingerprint density at radius 1 is 1.29 bits per heavy atom. The largest absolute Gasteiger partial charge is 0.482 e. The highest BCUT2D eigenvalue weighted by molar-refractivity contribution is 6.31. The van der Waals surface area contributed by atoms with E-state index in [1.807, 2.05) is 6.92 Å². The molecule has 0 aromatic heterocycles. The minimum Gasteiger partial charge on any atom is -0.482 e. The molecule has 1 fully saturated rings. The molecule has 2 atom stereocenters. The molecule has 7 nitrogen and oxygen atoms in total. The van der Waals surface area contributed by atoms with Gasteiger partial charge in [-0.2, -0.15) is 0 Å². The molecule has 1 saturated heterocycles. The second-order valence-corrected chi connectivity index (χ2v) is 7.87. The Kier molecular flexibility index (Phi) is 7.70. The van der Waals surface area contributed by atoms with Crippen LogP contribution in [0.4, 0.5) is 14.9 Å². The fourth-order valence-electron chi connectivity index (χ4n) is 3.40. The minimum absolute atomic E-state index is 0.0911. The summed E-state index contributed by atoms with van der Waals surface area (Å²) in [6, 6.07) is 10.2. The maximum Gasteiger partial charge on any atom is 0.316 e. The van der Waals surface area contributed by atoms with E-state index < -0.39 is 6.03 Å². The fourth-order valence-corrected chi connectivity index (χ4v) is 3.57. The standard InChI is InChI=1S/C22H25ClFN3O4/c1-14-12-30-18(8-4-15-2-6-17(24)7-3-15)11-27(14)21(28)13-31-20-9-5-16(23)10-19(20)26-22(25)29/h2-3,5-7,9-10,14,18H,4,8,11-13H2,1H3,(H3,25,26,29)/t14-,18+/m1/s1. The molecule has 31 heavy (non-hydrogen) atoms. The van der Waals surface area contributed by atoms with Crippen molar-refractivity contribution in [1.82, 2.24) is 4.90 Å². The molecule has 0 bridgehead atoms. The van der Waals surface area contributed by atoms with E-state index in [1.165, 1.54) is 18.2 Å². The van der Waals surface area contributed by atoms with Crippen molar-refractivity contribution in [3.63, 3.8) is 0 Å². The number of urea groups is 1. The van der Waals surface area contributed by atoms with Crippen molar-refractivity contribution in [3.8, 4) is 5.75 Å². The summed E-state index contributed by atoms with van der Waals surface area (Å²) in [5.41, 5.74) is 6.48. The highest BCUT2D eigenvalue weighted by Gasteiger charge is 2.29. The molecule has 3 N–H and O–H groups in total. The molecule has 166 valence electrons. The maximum absolute atomic E-state index is 13.1. The number of carbonyl (C=O) groups is 2. The van der Waals surface area contributed by atoms with Crippen LogP contribution in [-0.2, 0) is 16.0 Å². The van der Waals surface area contributed by atoms with E-state index in [0.29, 0.717) is 36.0 Å². The molecular formula is C22H25ClFN3O4. The van der Waals surface area contributed by atoms with Crippen LogP contribution in [0.3, 0.4) is 0 Å². The average Bonchev–Trinajstić information content (AvgIpc) is 2.73. The van der Waals surface area contributed by atoms with Crippen molar-refractivity contribution in [2.75, 3.05) is 25.1 Å². The van der Waals surface area contributed by atoms with E-state index in [1.54, 1.807) is 29.2 Å². The number of primary amides is 1. The summed E-state index contributed by atoms with van der Waals surface area (Å²) in [6.07, 6.45) is 1.32. The Balaban J connectivity index is 1.56. The molecule has 0 radical (unpaired) electrons. The zero-order chi connectivity index (χ0) is 22.4. The van der Waals surface area contributed by atoms with Gasteiger partial charge in [0.15, 0.2) is 6.61 Å². The van der Waals surface area contributed by atoms with Gasteiger partial charge in [-0.1, -0.05) is 23.7 Å². The second kappa shape index (κ2) is 10.5. The number of halogens is 2. The van der Waals surface area contributed by atoms with E-state index in [4.69, 9.17) is 26.8 Å². The molecule has 2 aromatic rings. The Labute approximate surface area is 185 Å². The average molecular weight is 450 g/mol. The van der Waals surface area contributed by atoms with E-state index in [9.17, 15) is 14.0 Å². The van der Waals surface area contributed by atoms with Crippen LogP contribution >= 0.6 is 11.6 Å². The molecule has 3 rings (SSSR count). The molecule has 1 aliphatic rings. The number of nitrogens with two attached hydrogens (primary N) is 1. The number of rotatable bonds is 7. The molecule has 2 aromatic carbocycles. The van der Waals surface area contributed by atoms with Gasteiger partial charge in [-0.25, -0.2) is 9.18 Å². The normalized spacial score (nSPS) is 18.5. The number of hydrogen-bond donors (Lipinski definition) is 2. The summed E-state index contributed by atoms with van der Waals surface area (Å²) < 4.78 is 24.6. The van der Waals surface area contributed by atoms with Gasteiger partial charge >= 0.3 is 6.03 Å². The van der Waals surface area contributed by atoms with Gasteiger partial charge in [0.05, 0.1) is 24.4 Å². The molecule has 0 saturated carbocycles. The predicted octanol–water partition coefficient (Wildman–Crippen LogP) is 3.60. The number of carbonyl (C=O) groups excluding carboxylic acids is 2. The first kappa shape index (κ1) is 22.8. The highest BCUT2D eigenvalue weighted by atomic mass is 35.5. The van der Waals surface area contributed by atoms with Crippen molar-refractivity contribution in [3.05, 3.63) is 58.9 Å². The first-order valence-corrected chi connectivity index (χ1v) is 10.3. The molecule has 1 heterocycles. The van der Waals surface area contributed by atoms with Gasteiger partial charge in [0, 0.05) is 11.6 Å². The summed E-state index contributed by atoms with van der Waals surface area (Å²) in [5.74, 6) is -0.161. The molecule has 0 aliphatic carbocycles. The summed E-state index contributed by atoms with van der Waals surface area (Å²) in [4.78, 5) is 25.7. The molecule has 0 unspecified atom stereocenters. The molecule has 9 heteroatoms. The minimum atomic E-state index is -0.760. The van der Waals surface area contributed by atoms with Gasteiger partial charge in [0.2, 0.25) is 0 Å². The van der Waals surface area contributed by atoms with E-state index in [2.05, 4.69) is 5.32 Å². The third kappa shape index (κ3) is 6.57. The Hall–Kier alpha value is -2.84. The van der Waals surface area contributed by atoms with Crippen molar-refractivity contribution >= 4 is 29.2 Å². The summed E-state index contributed by atoms with van der Waals surface area (Å²) in [7, 11) is 0. The lowest BCUT2D eigenvalue weighted by Gasteiger charge is -2.38. The van der Waals surface area contributed by atoms with Gasteiger partial charge in [-0.05, 0) is 55.7 Å². The van der Waals surface area contributed by atoms with Crippen molar-refractivity contribution < 1.29 is 23.5 Å². The fraction of sp³-hybridized carbons (Fsp3) is 0.364. The van der Waals surface area contributed by atoms with Crippen molar-refractivity contribution in [2.45, 2.75) is 31.9 Å². The Morgan fingerprint density at radius 3 is 2.74 bits per heavy atom. The van der Waals surface area contributed by atoms with Crippen LogP contribution in [0.1, 0.15) is 18.9 Å². The second-order valence-electron chi connectivity index (χ2n) is 7.43. The van der Waals surface area contributed by atoms with Gasteiger partial charge in [0.1, 0.15) is 11.6 Å². The first-order valence-electron chi connectivity index (χ1n) is 9.96. The van der Waals surface area contributed by atoms with Crippen LogP contribution in [0.5, 0.6) is 5.75 Å². The number of hydrogen-bond acceptors (Lipinski definition) is 4. The topological polar surface area (TPSA) is 93.9 Å². The Bertz CT molecular complexity index is 925. The quantitative estimate of drug-likeness (QED) is 0.675. The number of aryl methyl sites for hydroxylation is 1. The van der Waals surface area contributed by atoms with Crippen LogP contribution in [0, 0.1) is 5.82 Å². The first-order chi connectivity index (χ1) is 14.8. The molecule has 1 aliphatic heterocycles. The van der Waals surface area contributed by atoms with Crippen LogP contribution in [-0.4, -0.2) is 48.7 Å². The van der Waals surface area contributed by atoms with Gasteiger partial charge in [-0.15, -0.1) is 0 Å². The van der Waals surface area contributed by atoms with E-state index in [-0.39, 0.29) is 30.5 Å².